The molecule has 1 saturated heterocycles. The first kappa shape index (κ1) is 28.6. The summed E-state index contributed by atoms with van der Waals surface area (Å²) in [6.45, 7) is 3.74. The van der Waals surface area contributed by atoms with Gasteiger partial charge in [-0.3, -0.25) is 9.59 Å². The number of nitriles is 1. The Hall–Kier alpha value is -3.41. The predicted molar refractivity (Wildman–Crippen MR) is 153 cm³/mol. The van der Waals surface area contributed by atoms with Crippen LogP contribution in [0.2, 0.25) is 10.0 Å². The number of aliphatic hydroxyl groups is 1. The first-order valence-corrected chi connectivity index (χ1v) is 13.5. The molecule has 1 heterocycles. The van der Waals surface area contributed by atoms with Crippen molar-refractivity contribution in [1.29, 1.82) is 5.26 Å². The van der Waals surface area contributed by atoms with Crippen molar-refractivity contribution in [2.75, 3.05) is 25.0 Å². The van der Waals surface area contributed by atoms with E-state index in [2.05, 4.69) is 16.3 Å². The van der Waals surface area contributed by atoms with E-state index in [0.29, 0.717) is 40.8 Å². The van der Waals surface area contributed by atoms with E-state index < -0.39 is 6.04 Å². The summed E-state index contributed by atoms with van der Waals surface area (Å²) in [4.78, 5) is 30.3. The maximum Gasteiger partial charge on any atom is 0.246 e. The van der Waals surface area contributed by atoms with E-state index >= 15 is 0 Å². The number of likely N-dealkylation sites (tertiary alicyclic amines) is 1. The largest absolute Gasteiger partial charge is 0.392 e. The van der Waals surface area contributed by atoms with Gasteiger partial charge in [-0.2, -0.15) is 5.26 Å². The van der Waals surface area contributed by atoms with Gasteiger partial charge in [0, 0.05) is 48.3 Å². The van der Waals surface area contributed by atoms with Crippen molar-refractivity contribution in [2.24, 2.45) is 0 Å². The second-order valence-corrected chi connectivity index (χ2v) is 10.6. The fraction of sp³-hybridized carbons (Fsp3) is 0.300. The van der Waals surface area contributed by atoms with Crippen molar-refractivity contribution < 1.29 is 14.7 Å². The molecule has 4 rings (SSSR count). The van der Waals surface area contributed by atoms with Crippen molar-refractivity contribution in [3.8, 4) is 17.2 Å². The van der Waals surface area contributed by atoms with Crippen LogP contribution in [0.4, 0.5) is 5.69 Å². The SMILES string of the molecule is CC(C(=O)Nc1cc(Cl)cc(Cl)c1)N(Cc1ccc(-c2cccc(C#N)c2)cc1)C(=O)CCN1CCC(O)C1. The fourth-order valence-electron chi connectivity index (χ4n) is 4.64. The molecule has 0 aromatic heterocycles. The third-order valence-electron chi connectivity index (χ3n) is 6.82. The molecule has 1 aliphatic rings. The Labute approximate surface area is 238 Å². The van der Waals surface area contributed by atoms with Crippen molar-refractivity contribution in [3.63, 3.8) is 0 Å². The highest BCUT2D eigenvalue weighted by atomic mass is 35.5. The Morgan fingerprint density at radius 3 is 2.46 bits per heavy atom. The monoisotopic (exact) mass is 564 g/mol. The second kappa shape index (κ2) is 13.1. The van der Waals surface area contributed by atoms with Gasteiger partial charge >= 0.3 is 0 Å². The molecule has 2 atom stereocenters. The quantitative estimate of drug-likeness (QED) is 0.365. The number of halogens is 2. The maximum absolute atomic E-state index is 13.4. The van der Waals surface area contributed by atoms with E-state index in [-0.39, 0.29) is 30.9 Å². The Bertz CT molecular complexity index is 1350. The molecule has 3 aromatic rings. The average molecular weight is 566 g/mol. The van der Waals surface area contributed by atoms with Crippen molar-refractivity contribution in [2.45, 2.75) is 38.5 Å². The number of amides is 2. The number of nitrogens with zero attached hydrogens (tertiary/aromatic N) is 3. The second-order valence-electron chi connectivity index (χ2n) is 9.73. The van der Waals surface area contributed by atoms with E-state index in [1.165, 1.54) is 0 Å². The maximum atomic E-state index is 13.4. The van der Waals surface area contributed by atoms with Crippen molar-refractivity contribution in [1.82, 2.24) is 9.80 Å². The van der Waals surface area contributed by atoms with Crippen LogP contribution < -0.4 is 5.32 Å². The highest BCUT2D eigenvalue weighted by Crippen LogP contribution is 2.24. The minimum Gasteiger partial charge on any atom is -0.392 e. The Balaban J connectivity index is 1.51. The first-order chi connectivity index (χ1) is 18.7. The molecule has 0 bridgehead atoms. The van der Waals surface area contributed by atoms with Gasteiger partial charge in [-0.25, -0.2) is 0 Å². The van der Waals surface area contributed by atoms with Crippen LogP contribution >= 0.6 is 23.2 Å². The van der Waals surface area contributed by atoms with Crippen molar-refractivity contribution >= 4 is 40.7 Å². The topological polar surface area (TPSA) is 96.7 Å². The number of carbonyl (C=O) groups excluding carboxylic acids is 2. The summed E-state index contributed by atoms with van der Waals surface area (Å²) in [5.41, 5.74) is 3.77. The van der Waals surface area contributed by atoms with E-state index in [1.54, 1.807) is 36.1 Å². The lowest BCUT2D eigenvalue weighted by atomic mass is 10.0. The van der Waals surface area contributed by atoms with Gasteiger partial charge in [-0.15, -0.1) is 0 Å². The molecule has 3 aromatic carbocycles. The summed E-state index contributed by atoms with van der Waals surface area (Å²) in [5.74, 6) is -0.516. The summed E-state index contributed by atoms with van der Waals surface area (Å²) in [5, 5.41) is 22.6. The lowest BCUT2D eigenvalue weighted by molar-refractivity contribution is -0.139. The van der Waals surface area contributed by atoms with Crippen LogP contribution in [0.1, 0.15) is 30.9 Å². The molecule has 1 fully saturated rings. The van der Waals surface area contributed by atoms with E-state index in [1.807, 2.05) is 42.5 Å². The molecule has 39 heavy (non-hydrogen) atoms. The minimum atomic E-state index is -0.772. The Morgan fingerprint density at radius 1 is 1.10 bits per heavy atom. The Kier molecular flexibility index (Phi) is 9.60. The molecule has 9 heteroatoms. The molecule has 7 nitrogen and oxygen atoms in total. The van der Waals surface area contributed by atoms with Gasteiger partial charge in [0.1, 0.15) is 6.04 Å². The van der Waals surface area contributed by atoms with E-state index in [9.17, 15) is 20.0 Å². The van der Waals surface area contributed by atoms with Gasteiger partial charge < -0.3 is 20.2 Å². The molecule has 202 valence electrons. The molecular formula is C30H30Cl2N4O3. The number of nitrogens with one attached hydrogen (secondary N) is 1. The molecule has 2 unspecified atom stereocenters. The third-order valence-corrected chi connectivity index (χ3v) is 7.26. The number of rotatable bonds is 9. The van der Waals surface area contributed by atoms with E-state index in [0.717, 1.165) is 23.2 Å². The van der Waals surface area contributed by atoms with Crippen LogP contribution in [0.15, 0.2) is 66.7 Å². The highest BCUT2D eigenvalue weighted by Gasteiger charge is 2.28. The molecule has 0 saturated carbocycles. The number of hydrogen-bond donors (Lipinski definition) is 2. The predicted octanol–water partition coefficient (Wildman–Crippen LogP) is 5.34. The van der Waals surface area contributed by atoms with Gasteiger partial charge in [-0.05, 0) is 60.4 Å². The summed E-state index contributed by atoms with van der Waals surface area (Å²) < 4.78 is 0. The van der Waals surface area contributed by atoms with Gasteiger partial charge in [0.25, 0.3) is 0 Å². The normalized spacial score (nSPS) is 15.9. The summed E-state index contributed by atoms with van der Waals surface area (Å²) in [6, 6.07) is 21.3. The summed E-state index contributed by atoms with van der Waals surface area (Å²) in [7, 11) is 0. The number of anilines is 1. The molecule has 2 amide bonds. The number of β-amino-alcohol motifs (C(OH)–C–C–N with tert-alkyl or cyclic N) is 1. The molecular weight excluding hydrogens is 535 g/mol. The third kappa shape index (κ3) is 7.81. The van der Waals surface area contributed by atoms with Crippen LogP contribution in [0, 0.1) is 11.3 Å². The molecule has 2 N–H and O–H groups in total. The zero-order valence-corrected chi connectivity index (χ0v) is 23.1. The van der Waals surface area contributed by atoms with Crippen LogP contribution in [-0.2, 0) is 16.1 Å². The van der Waals surface area contributed by atoms with E-state index in [4.69, 9.17) is 23.2 Å². The average Bonchev–Trinajstić information content (AvgIpc) is 3.34. The molecule has 1 aliphatic heterocycles. The zero-order valence-electron chi connectivity index (χ0n) is 21.6. The Morgan fingerprint density at radius 2 is 1.82 bits per heavy atom. The molecule has 0 radical (unpaired) electrons. The van der Waals surface area contributed by atoms with Crippen LogP contribution in [-0.4, -0.2) is 58.5 Å². The van der Waals surface area contributed by atoms with Crippen LogP contribution in [0.5, 0.6) is 0 Å². The van der Waals surface area contributed by atoms with Gasteiger partial charge in [-0.1, -0.05) is 59.6 Å². The molecule has 0 spiro atoms. The van der Waals surface area contributed by atoms with Gasteiger partial charge in [0.05, 0.1) is 17.7 Å². The van der Waals surface area contributed by atoms with Crippen molar-refractivity contribution in [3.05, 3.63) is 87.9 Å². The lowest BCUT2D eigenvalue weighted by Gasteiger charge is -2.29. The highest BCUT2D eigenvalue weighted by molar-refractivity contribution is 6.35. The first-order valence-electron chi connectivity index (χ1n) is 12.8. The minimum absolute atomic E-state index is 0.158. The van der Waals surface area contributed by atoms with Gasteiger partial charge in [0.15, 0.2) is 0 Å². The van der Waals surface area contributed by atoms with Crippen LogP contribution in [0.3, 0.4) is 0 Å². The summed E-state index contributed by atoms with van der Waals surface area (Å²) in [6.07, 6.45) is 0.562. The number of hydrogen-bond acceptors (Lipinski definition) is 5. The number of benzene rings is 3. The zero-order chi connectivity index (χ0) is 27.9. The summed E-state index contributed by atoms with van der Waals surface area (Å²) >= 11 is 12.2. The molecule has 0 aliphatic carbocycles. The van der Waals surface area contributed by atoms with Gasteiger partial charge in [0.2, 0.25) is 11.8 Å². The number of carbonyl (C=O) groups is 2. The number of aliphatic hydroxyl groups excluding tert-OH is 1. The lowest BCUT2D eigenvalue weighted by Crippen LogP contribution is -2.46. The smallest absolute Gasteiger partial charge is 0.246 e. The van der Waals surface area contributed by atoms with Crippen LogP contribution in [0.25, 0.3) is 11.1 Å². The fourth-order valence-corrected chi connectivity index (χ4v) is 5.16. The standard InChI is InChI=1S/C30H30Cl2N4O3/c1-20(30(39)34-27-15-25(31)14-26(32)16-27)36(29(38)10-12-35-11-9-28(37)19-35)18-21-5-7-23(8-6-21)24-4-2-3-22(13-24)17-33/h2-8,13-16,20,28,37H,9-12,18-19H2,1H3,(H,34,39).